The van der Waals surface area contributed by atoms with Crippen molar-refractivity contribution in [2.45, 2.75) is 13.8 Å². The van der Waals surface area contributed by atoms with Crippen LogP contribution in [0, 0.1) is 5.41 Å². The molecule has 2 amide bonds. The Morgan fingerprint density at radius 2 is 1.82 bits per heavy atom. The minimum absolute atomic E-state index is 0.160. The number of rotatable bonds is 6. The maximum absolute atomic E-state index is 11.7. The van der Waals surface area contributed by atoms with Crippen LogP contribution < -0.4 is 11.1 Å². The lowest BCUT2D eigenvalue weighted by molar-refractivity contribution is -0.126. The highest BCUT2D eigenvalue weighted by molar-refractivity contribution is 5.93. The number of amides is 2. The van der Waals surface area contributed by atoms with E-state index >= 15 is 0 Å². The number of primary amides is 1. The first-order valence-electron chi connectivity index (χ1n) is 6.70. The summed E-state index contributed by atoms with van der Waals surface area (Å²) in [5.74, 6) is -1.22. The predicted octanol–water partition coefficient (Wildman–Crippen LogP) is 1.11. The van der Waals surface area contributed by atoms with Gasteiger partial charge in [-0.05, 0) is 37.6 Å². The monoisotopic (exact) mass is 304 g/mol. The topological polar surface area (TPSA) is 98.5 Å². The molecule has 0 aromatic heterocycles. The zero-order valence-corrected chi connectivity index (χ0v) is 12.9. The Kier molecular flexibility index (Phi) is 5.86. The van der Waals surface area contributed by atoms with E-state index < -0.39 is 17.3 Å². The van der Waals surface area contributed by atoms with Gasteiger partial charge in [0.25, 0.3) is 0 Å². The van der Waals surface area contributed by atoms with Crippen LogP contribution in [0.2, 0.25) is 0 Å². The molecule has 0 unspecified atom stereocenters. The first kappa shape index (κ1) is 17.4. The van der Waals surface area contributed by atoms with Gasteiger partial charge in [-0.25, -0.2) is 4.79 Å². The summed E-state index contributed by atoms with van der Waals surface area (Å²) in [7, 11) is 1.31. The zero-order chi connectivity index (χ0) is 16.8. The van der Waals surface area contributed by atoms with Gasteiger partial charge in [-0.1, -0.05) is 12.1 Å². The van der Waals surface area contributed by atoms with Crippen LogP contribution in [0.25, 0.3) is 6.08 Å². The molecule has 118 valence electrons. The van der Waals surface area contributed by atoms with Gasteiger partial charge in [0.1, 0.15) is 0 Å². The molecule has 0 aliphatic carbocycles. The van der Waals surface area contributed by atoms with Gasteiger partial charge in [0.05, 0.1) is 18.1 Å². The summed E-state index contributed by atoms with van der Waals surface area (Å²) >= 11 is 0. The lowest BCUT2D eigenvalue weighted by atomic mass is 9.93. The molecule has 1 rings (SSSR count). The molecule has 0 radical (unpaired) electrons. The van der Waals surface area contributed by atoms with E-state index in [2.05, 4.69) is 10.1 Å². The lowest BCUT2D eigenvalue weighted by Crippen LogP contribution is -2.41. The number of carbonyl (C=O) groups is 3. The van der Waals surface area contributed by atoms with Gasteiger partial charge in [-0.3, -0.25) is 9.59 Å². The number of ether oxygens (including phenoxy) is 1. The maximum Gasteiger partial charge on any atom is 0.337 e. The van der Waals surface area contributed by atoms with Gasteiger partial charge in [-0.15, -0.1) is 0 Å². The van der Waals surface area contributed by atoms with Crippen LogP contribution in [-0.2, 0) is 14.3 Å². The number of nitrogens with two attached hydrogens (primary N) is 1. The fourth-order valence-electron chi connectivity index (χ4n) is 1.47. The van der Waals surface area contributed by atoms with Gasteiger partial charge >= 0.3 is 5.97 Å². The minimum Gasteiger partial charge on any atom is -0.465 e. The summed E-state index contributed by atoms with van der Waals surface area (Å²) in [6.45, 7) is 3.47. The standard InChI is InChI=1S/C16H20N2O4/c1-16(2,15(17)21)10-18-13(19)9-6-11-4-7-12(8-5-11)14(20)22-3/h4-9H,10H2,1-3H3,(H2,17,21)(H,18,19). The summed E-state index contributed by atoms with van der Waals surface area (Å²) < 4.78 is 4.60. The van der Waals surface area contributed by atoms with Crippen LogP contribution >= 0.6 is 0 Å². The Labute approximate surface area is 129 Å². The summed E-state index contributed by atoms with van der Waals surface area (Å²) in [5.41, 5.74) is 5.62. The minimum atomic E-state index is -0.800. The van der Waals surface area contributed by atoms with E-state index in [1.807, 2.05) is 0 Å². The summed E-state index contributed by atoms with van der Waals surface area (Å²) in [6, 6.07) is 6.62. The van der Waals surface area contributed by atoms with Gasteiger partial charge in [0, 0.05) is 12.6 Å². The van der Waals surface area contributed by atoms with E-state index in [0.29, 0.717) is 5.56 Å². The molecule has 0 aliphatic rings. The molecule has 1 aromatic carbocycles. The first-order chi connectivity index (χ1) is 10.3. The molecular weight excluding hydrogens is 284 g/mol. The molecule has 0 atom stereocenters. The van der Waals surface area contributed by atoms with E-state index in [0.717, 1.165) is 5.56 Å². The molecule has 6 nitrogen and oxygen atoms in total. The fraction of sp³-hybridized carbons (Fsp3) is 0.312. The molecule has 0 saturated heterocycles. The van der Waals surface area contributed by atoms with Gasteiger partial charge in [0.15, 0.2) is 0 Å². The van der Waals surface area contributed by atoms with Gasteiger partial charge in [-0.2, -0.15) is 0 Å². The van der Waals surface area contributed by atoms with Crippen molar-refractivity contribution in [1.82, 2.24) is 5.32 Å². The summed E-state index contributed by atoms with van der Waals surface area (Å²) in [5, 5.41) is 2.61. The average molecular weight is 304 g/mol. The Balaban J connectivity index is 2.59. The van der Waals surface area contributed by atoms with E-state index in [9.17, 15) is 14.4 Å². The van der Waals surface area contributed by atoms with Gasteiger partial charge in [0.2, 0.25) is 11.8 Å². The molecule has 0 aliphatic heterocycles. The number of nitrogens with one attached hydrogen (secondary N) is 1. The zero-order valence-electron chi connectivity index (χ0n) is 12.9. The quantitative estimate of drug-likeness (QED) is 0.607. The number of methoxy groups -OCH3 is 1. The van der Waals surface area contributed by atoms with Crippen molar-refractivity contribution in [3.8, 4) is 0 Å². The Bertz CT molecular complexity index is 589. The smallest absolute Gasteiger partial charge is 0.337 e. The maximum atomic E-state index is 11.7. The van der Waals surface area contributed by atoms with Crippen molar-refractivity contribution >= 4 is 23.9 Å². The van der Waals surface area contributed by atoms with Gasteiger partial charge < -0.3 is 15.8 Å². The lowest BCUT2D eigenvalue weighted by Gasteiger charge is -2.19. The molecule has 0 fully saturated rings. The van der Waals surface area contributed by atoms with Crippen LogP contribution in [0.4, 0.5) is 0 Å². The van der Waals surface area contributed by atoms with E-state index in [4.69, 9.17) is 5.73 Å². The van der Waals surface area contributed by atoms with Crippen molar-refractivity contribution in [2.75, 3.05) is 13.7 Å². The SMILES string of the molecule is COC(=O)c1ccc(C=CC(=O)NCC(C)(C)C(N)=O)cc1. The second kappa shape index (κ2) is 7.40. The highest BCUT2D eigenvalue weighted by Crippen LogP contribution is 2.12. The van der Waals surface area contributed by atoms with Crippen molar-refractivity contribution in [3.63, 3.8) is 0 Å². The predicted molar refractivity (Wildman–Crippen MR) is 82.8 cm³/mol. The largest absolute Gasteiger partial charge is 0.465 e. The number of carbonyl (C=O) groups excluding carboxylic acids is 3. The molecule has 0 heterocycles. The van der Waals surface area contributed by atoms with E-state index in [1.165, 1.54) is 13.2 Å². The third-order valence-corrected chi connectivity index (χ3v) is 3.13. The fourth-order valence-corrected chi connectivity index (χ4v) is 1.47. The molecule has 0 saturated carbocycles. The molecular formula is C16H20N2O4. The Morgan fingerprint density at radius 1 is 1.23 bits per heavy atom. The number of hydrogen-bond acceptors (Lipinski definition) is 4. The van der Waals surface area contributed by atoms with Crippen LogP contribution in [0.15, 0.2) is 30.3 Å². The van der Waals surface area contributed by atoms with Crippen LogP contribution in [0.5, 0.6) is 0 Å². The molecule has 1 aromatic rings. The third kappa shape index (κ3) is 5.05. The average Bonchev–Trinajstić information content (AvgIpc) is 2.50. The first-order valence-corrected chi connectivity index (χ1v) is 6.70. The number of benzene rings is 1. The number of hydrogen-bond donors (Lipinski definition) is 2. The van der Waals surface area contributed by atoms with Crippen LogP contribution in [0.1, 0.15) is 29.8 Å². The highest BCUT2D eigenvalue weighted by Gasteiger charge is 2.24. The molecule has 6 heteroatoms. The molecule has 22 heavy (non-hydrogen) atoms. The second-order valence-electron chi connectivity index (χ2n) is 5.41. The summed E-state index contributed by atoms with van der Waals surface area (Å²) in [6.07, 6.45) is 2.96. The van der Waals surface area contributed by atoms with Crippen LogP contribution in [-0.4, -0.2) is 31.4 Å². The van der Waals surface area contributed by atoms with E-state index in [1.54, 1.807) is 44.2 Å². The molecule has 0 spiro atoms. The van der Waals surface area contributed by atoms with Crippen LogP contribution in [0.3, 0.4) is 0 Å². The Morgan fingerprint density at radius 3 is 2.32 bits per heavy atom. The Hall–Kier alpha value is -2.63. The number of esters is 1. The second-order valence-corrected chi connectivity index (χ2v) is 5.41. The molecule has 3 N–H and O–H groups in total. The van der Waals surface area contributed by atoms with Crippen molar-refractivity contribution < 1.29 is 19.1 Å². The van der Waals surface area contributed by atoms with E-state index in [-0.39, 0.29) is 12.5 Å². The molecule has 0 bridgehead atoms. The van der Waals surface area contributed by atoms with Crippen molar-refractivity contribution in [1.29, 1.82) is 0 Å². The van der Waals surface area contributed by atoms with Crippen molar-refractivity contribution in [3.05, 3.63) is 41.5 Å². The third-order valence-electron chi connectivity index (χ3n) is 3.13. The highest BCUT2D eigenvalue weighted by atomic mass is 16.5. The summed E-state index contributed by atoms with van der Waals surface area (Å²) in [4.78, 5) is 34.1. The van der Waals surface area contributed by atoms with Crippen molar-refractivity contribution in [2.24, 2.45) is 11.1 Å². The normalized spacial score (nSPS) is 11.2.